The Labute approximate surface area is 91.2 Å². The summed E-state index contributed by atoms with van der Waals surface area (Å²) in [7, 11) is 0. The Morgan fingerprint density at radius 2 is 2.07 bits per heavy atom. The molecule has 0 aliphatic heterocycles. The van der Waals surface area contributed by atoms with Gasteiger partial charge in [0.25, 0.3) is 0 Å². The lowest BCUT2D eigenvalue weighted by atomic mass is 9.97. The molecule has 0 aliphatic carbocycles. The summed E-state index contributed by atoms with van der Waals surface area (Å²) in [4.78, 5) is 4.12. The second-order valence-electron chi connectivity index (χ2n) is 4.27. The highest BCUT2D eigenvalue weighted by molar-refractivity contribution is 5.81. The molecule has 0 bridgehead atoms. The Bertz CT molecular complexity index is 448. The van der Waals surface area contributed by atoms with Gasteiger partial charge in [-0.1, -0.05) is 38.5 Å². The molecule has 1 unspecified atom stereocenters. The summed E-state index contributed by atoms with van der Waals surface area (Å²) in [6.07, 6.45) is 6.20. The molecule has 1 heteroatoms. The number of hydrogen-bond donors (Lipinski definition) is 0. The molecule has 0 N–H and O–H groups in total. The van der Waals surface area contributed by atoms with Gasteiger partial charge in [0, 0.05) is 17.8 Å². The average Bonchev–Trinajstić information content (AvgIpc) is 2.29. The van der Waals surface area contributed by atoms with E-state index in [0.717, 1.165) is 5.92 Å². The molecule has 78 valence electrons. The molecular formula is C14H17N. The summed E-state index contributed by atoms with van der Waals surface area (Å²) in [6, 6.07) is 8.74. The fourth-order valence-corrected chi connectivity index (χ4v) is 1.81. The van der Waals surface area contributed by atoms with Gasteiger partial charge in [-0.05, 0) is 29.4 Å². The lowest BCUT2D eigenvalue weighted by molar-refractivity contribution is 0.560. The van der Waals surface area contributed by atoms with Crippen LogP contribution in [0, 0.1) is 5.92 Å². The molecule has 15 heavy (non-hydrogen) atoms. The predicted octanol–water partition coefficient (Wildman–Crippen LogP) is 3.82. The summed E-state index contributed by atoms with van der Waals surface area (Å²) < 4.78 is 0. The SMILES string of the molecule is CCC(C)Cc1ccc2cnccc2c1. The number of rotatable bonds is 3. The standard InChI is InChI=1S/C14H17N/c1-3-11(2)8-12-4-5-14-10-15-7-6-13(14)9-12/h4-7,9-11H,3,8H2,1-2H3. The Balaban J connectivity index is 2.30. The zero-order valence-corrected chi connectivity index (χ0v) is 9.40. The van der Waals surface area contributed by atoms with E-state index >= 15 is 0 Å². The van der Waals surface area contributed by atoms with Crippen LogP contribution >= 0.6 is 0 Å². The van der Waals surface area contributed by atoms with Crippen molar-refractivity contribution < 1.29 is 0 Å². The van der Waals surface area contributed by atoms with Crippen LogP contribution in [-0.4, -0.2) is 4.98 Å². The van der Waals surface area contributed by atoms with E-state index in [1.54, 1.807) is 0 Å². The summed E-state index contributed by atoms with van der Waals surface area (Å²) in [5, 5.41) is 2.52. The summed E-state index contributed by atoms with van der Waals surface area (Å²) in [6.45, 7) is 4.55. The first kappa shape index (κ1) is 10.2. The van der Waals surface area contributed by atoms with Crippen molar-refractivity contribution in [2.45, 2.75) is 26.7 Å². The van der Waals surface area contributed by atoms with Gasteiger partial charge in [-0.2, -0.15) is 0 Å². The first-order chi connectivity index (χ1) is 7.29. The monoisotopic (exact) mass is 199 g/mol. The molecule has 0 aliphatic rings. The molecule has 0 amide bonds. The number of benzene rings is 1. The number of hydrogen-bond acceptors (Lipinski definition) is 1. The highest BCUT2D eigenvalue weighted by Gasteiger charge is 2.01. The predicted molar refractivity (Wildman–Crippen MR) is 64.9 cm³/mol. The molecule has 0 saturated carbocycles. The van der Waals surface area contributed by atoms with E-state index in [2.05, 4.69) is 43.1 Å². The largest absolute Gasteiger partial charge is 0.264 e. The Morgan fingerprint density at radius 3 is 2.87 bits per heavy atom. The van der Waals surface area contributed by atoms with E-state index in [-0.39, 0.29) is 0 Å². The van der Waals surface area contributed by atoms with E-state index in [9.17, 15) is 0 Å². The third kappa shape index (κ3) is 2.35. The first-order valence-electron chi connectivity index (χ1n) is 5.62. The van der Waals surface area contributed by atoms with Crippen LogP contribution in [0.5, 0.6) is 0 Å². The third-order valence-corrected chi connectivity index (χ3v) is 2.99. The van der Waals surface area contributed by atoms with Gasteiger partial charge in [0.1, 0.15) is 0 Å². The molecule has 1 aromatic heterocycles. The highest BCUT2D eigenvalue weighted by Crippen LogP contribution is 2.17. The van der Waals surface area contributed by atoms with Crippen LogP contribution < -0.4 is 0 Å². The number of pyridine rings is 1. The van der Waals surface area contributed by atoms with Gasteiger partial charge in [-0.3, -0.25) is 4.98 Å². The van der Waals surface area contributed by atoms with E-state index in [1.165, 1.54) is 29.2 Å². The van der Waals surface area contributed by atoms with E-state index in [0.29, 0.717) is 0 Å². The second-order valence-corrected chi connectivity index (χ2v) is 4.27. The summed E-state index contributed by atoms with van der Waals surface area (Å²) >= 11 is 0. The normalized spacial score (nSPS) is 12.9. The van der Waals surface area contributed by atoms with Crippen molar-refractivity contribution in [1.29, 1.82) is 0 Å². The Hall–Kier alpha value is -1.37. The van der Waals surface area contributed by atoms with E-state index < -0.39 is 0 Å². The quantitative estimate of drug-likeness (QED) is 0.732. The van der Waals surface area contributed by atoms with Crippen molar-refractivity contribution in [3.8, 4) is 0 Å². The van der Waals surface area contributed by atoms with Crippen LogP contribution in [0.1, 0.15) is 25.8 Å². The Morgan fingerprint density at radius 1 is 1.20 bits per heavy atom. The molecule has 1 aromatic carbocycles. The maximum Gasteiger partial charge on any atom is 0.0346 e. The molecule has 1 nitrogen and oxygen atoms in total. The highest BCUT2D eigenvalue weighted by atomic mass is 14.6. The van der Waals surface area contributed by atoms with Crippen LogP contribution in [0.15, 0.2) is 36.7 Å². The van der Waals surface area contributed by atoms with Crippen LogP contribution in [-0.2, 0) is 6.42 Å². The van der Waals surface area contributed by atoms with Gasteiger partial charge >= 0.3 is 0 Å². The van der Waals surface area contributed by atoms with Crippen LogP contribution in [0.2, 0.25) is 0 Å². The van der Waals surface area contributed by atoms with Crippen LogP contribution in [0.4, 0.5) is 0 Å². The zero-order chi connectivity index (χ0) is 10.7. The topological polar surface area (TPSA) is 12.9 Å². The fourth-order valence-electron chi connectivity index (χ4n) is 1.81. The molecule has 1 heterocycles. The molecule has 0 spiro atoms. The fraction of sp³-hybridized carbons (Fsp3) is 0.357. The molecular weight excluding hydrogens is 182 g/mol. The second kappa shape index (κ2) is 4.43. The van der Waals surface area contributed by atoms with Gasteiger partial charge in [0.15, 0.2) is 0 Å². The van der Waals surface area contributed by atoms with Gasteiger partial charge in [0.2, 0.25) is 0 Å². The van der Waals surface area contributed by atoms with Gasteiger partial charge in [0.05, 0.1) is 0 Å². The van der Waals surface area contributed by atoms with Crippen molar-refractivity contribution in [3.05, 3.63) is 42.2 Å². The molecule has 0 radical (unpaired) electrons. The average molecular weight is 199 g/mol. The molecule has 2 rings (SSSR count). The van der Waals surface area contributed by atoms with Gasteiger partial charge < -0.3 is 0 Å². The van der Waals surface area contributed by atoms with Gasteiger partial charge in [-0.15, -0.1) is 0 Å². The molecule has 1 atom stereocenters. The van der Waals surface area contributed by atoms with Gasteiger partial charge in [-0.25, -0.2) is 0 Å². The minimum atomic E-state index is 0.768. The maximum atomic E-state index is 4.12. The summed E-state index contributed by atoms with van der Waals surface area (Å²) in [5.41, 5.74) is 1.43. The lowest BCUT2D eigenvalue weighted by Gasteiger charge is -2.08. The zero-order valence-electron chi connectivity index (χ0n) is 9.40. The Kier molecular flexibility index (Phi) is 3.00. The minimum Gasteiger partial charge on any atom is -0.264 e. The maximum absolute atomic E-state index is 4.12. The molecule has 2 aromatic rings. The smallest absolute Gasteiger partial charge is 0.0346 e. The van der Waals surface area contributed by atoms with Crippen molar-refractivity contribution >= 4 is 10.8 Å². The van der Waals surface area contributed by atoms with Crippen molar-refractivity contribution in [3.63, 3.8) is 0 Å². The number of fused-ring (bicyclic) bond motifs is 1. The van der Waals surface area contributed by atoms with Crippen molar-refractivity contribution in [2.75, 3.05) is 0 Å². The third-order valence-electron chi connectivity index (χ3n) is 2.99. The van der Waals surface area contributed by atoms with Crippen LogP contribution in [0.25, 0.3) is 10.8 Å². The van der Waals surface area contributed by atoms with Crippen molar-refractivity contribution in [2.24, 2.45) is 5.92 Å². The minimum absolute atomic E-state index is 0.768. The van der Waals surface area contributed by atoms with E-state index in [1.807, 2.05) is 12.4 Å². The summed E-state index contributed by atoms with van der Waals surface area (Å²) in [5.74, 6) is 0.768. The van der Waals surface area contributed by atoms with Crippen LogP contribution in [0.3, 0.4) is 0 Å². The lowest BCUT2D eigenvalue weighted by Crippen LogP contribution is -1.97. The molecule has 0 saturated heterocycles. The number of aromatic nitrogens is 1. The first-order valence-corrected chi connectivity index (χ1v) is 5.62. The molecule has 0 fully saturated rings. The number of nitrogens with zero attached hydrogens (tertiary/aromatic N) is 1. The van der Waals surface area contributed by atoms with Crippen molar-refractivity contribution in [1.82, 2.24) is 4.98 Å². The van der Waals surface area contributed by atoms with E-state index in [4.69, 9.17) is 0 Å².